The number of nitrogens with zero attached hydrogens (tertiary/aromatic N) is 1. The fourth-order valence-corrected chi connectivity index (χ4v) is 2.21. The Morgan fingerprint density at radius 3 is 2.92 bits per heavy atom. The van der Waals surface area contributed by atoms with Crippen LogP contribution in [0.2, 0.25) is 0 Å². The summed E-state index contributed by atoms with van der Waals surface area (Å²) in [5.74, 6) is 0. The Hall–Kier alpha value is -0.410. The third-order valence-corrected chi connectivity index (χ3v) is 3.13. The van der Waals surface area contributed by atoms with E-state index in [9.17, 15) is 0 Å². The first-order valence-corrected chi connectivity index (χ1v) is 5.51. The third-order valence-electron chi connectivity index (χ3n) is 1.77. The van der Waals surface area contributed by atoms with E-state index in [1.54, 1.807) is 11.3 Å². The Kier molecular flexibility index (Phi) is 2.42. The molecule has 12 heavy (non-hydrogen) atoms. The lowest BCUT2D eigenvalue weighted by atomic mass is 10.1. The topological polar surface area (TPSA) is 12.9 Å². The average Bonchev–Trinajstić information content (AvgIpc) is 2.54. The molecule has 0 spiro atoms. The van der Waals surface area contributed by atoms with Crippen LogP contribution in [0, 0.1) is 0 Å². The van der Waals surface area contributed by atoms with E-state index in [0.29, 0.717) is 0 Å². The van der Waals surface area contributed by atoms with Crippen LogP contribution in [0.25, 0.3) is 5.57 Å². The Bertz CT molecular complexity index is 338. The van der Waals surface area contributed by atoms with Gasteiger partial charge in [0.25, 0.3) is 0 Å². The maximum absolute atomic E-state index is 4.35. The van der Waals surface area contributed by atoms with Crippen LogP contribution in [0.15, 0.2) is 27.5 Å². The molecule has 0 radical (unpaired) electrons. The molecule has 0 N–H and O–H groups in total. The molecular weight excluding hydrogens is 234 g/mol. The van der Waals surface area contributed by atoms with E-state index >= 15 is 0 Å². The monoisotopic (exact) mass is 241 g/mol. The fraction of sp³-hybridized carbons (Fsp3) is 0.222. The van der Waals surface area contributed by atoms with E-state index in [0.717, 1.165) is 22.5 Å². The van der Waals surface area contributed by atoms with Crippen LogP contribution in [-0.2, 0) is 0 Å². The lowest BCUT2D eigenvalue weighted by Gasteiger charge is -2.02. The van der Waals surface area contributed by atoms with Gasteiger partial charge in [-0.1, -0.05) is 18.2 Å². The van der Waals surface area contributed by atoms with E-state index in [2.05, 4.69) is 44.5 Å². The number of hydrogen-bond acceptors (Lipinski definition) is 2. The van der Waals surface area contributed by atoms with Crippen molar-refractivity contribution in [3.63, 3.8) is 0 Å². The first-order valence-electron chi connectivity index (χ1n) is 3.84. The summed E-state index contributed by atoms with van der Waals surface area (Å²) in [6.45, 7) is 0. The van der Waals surface area contributed by atoms with Crippen molar-refractivity contribution in [1.82, 2.24) is 4.98 Å². The van der Waals surface area contributed by atoms with E-state index in [1.165, 1.54) is 5.57 Å². The zero-order valence-electron chi connectivity index (χ0n) is 6.46. The molecule has 0 saturated heterocycles. The van der Waals surface area contributed by atoms with Crippen LogP contribution in [0.3, 0.4) is 0 Å². The largest absolute Gasteiger partial charge is 0.229 e. The number of thiazole rings is 1. The van der Waals surface area contributed by atoms with Crippen molar-refractivity contribution in [2.75, 3.05) is 0 Å². The van der Waals surface area contributed by atoms with Crippen LogP contribution >= 0.6 is 27.3 Å². The van der Waals surface area contributed by atoms with Gasteiger partial charge in [0.2, 0.25) is 0 Å². The van der Waals surface area contributed by atoms with E-state index in [1.807, 2.05) is 0 Å². The van der Waals surface area contributed by atoms with E-state index < -0.39 is 0 Å². The molecule has 1 aromatic heterocycles. The molecule has 1 aromatic rings. The molecule has 3 heteroatoms. The molecule has 2 rings (SSSR count). The van der Waals surface area contributed by atoms with Gasteiger partial charge in [0.1, 0.15) is 0 Å². The van der Waals surface area contributed by atoms with Crippen LogP contribution in [0.1, 0.15) is 18.5 Å². The third kappa shape index (κ3) is 1.67. The molecule has 0 fully saturated rings. The minimum Gasteiger partial charge on any atom is -0.229 e. The summed E-state index contributed by atoms with van der Waals surface area (Å²) >= 11 is 4.98. The Labute approximate surface area is 84.0 Å². The summed E-state index contributed by atoms with van der Waals surface area (Å²) in [6, 6.07) is 0. The predicted octanol–water partition coefficient (Wildman–Crippen LogP) is 3.64. The van der Waals surface area contributed by atoms with Gasteiger partial charge in [0, 0.05) is 5.38 Å². The molecule has 1 nitrogen and oxygen atoms in total. The minimum atomic E-state index is 0.956. The molecule has 0 atom stereocenters. The van der Waals surface area contributed by atoms with Crippen LogP contribution in [-0.4, -0.2) is 4.98 Å². The number of rotatable bonds is 1. The minimum absolute atomic E-state index is 0.956. The number of allylic oxidation sites excluding steroid dienone is 4. The molecule has 0 aliphatic heterocycles. The summed E-state index contributed by atoms with van der Waals surface area (Å²) in [7, 11) is 0. The van der Waals surface area contributed by atoms with Crippen molar-refractivity contribution in [3.05, 3.63) is 33.2 Å². The number of aromatic nitrogens is 1. The van der Waals surface area contributed by atoms with Gasteiger partial charge in [-0.3, -0.25) is 0 Å². The molecule has 0 bridgehead atoms. The second kappa shape index (κ2) is 3.54. The second-order valence-corrected chi connectivity index (χ2v) is 4.76. The van der Waals surface area contributed by atoms with Crippen molar-refractivity contribution < 1.29 is 0 Å². The number of halogens is 1. The van der Waals surface area contributed by atoms with Crippen molar-refractivity contribution in [2.45, 2.75) is 12.8 Å². The van der Waals surface area contributed by atoms with Gasteiger partial charge < -0.3 is 0 Å². The maximum Gasteiger partial charge on any atom is 0.159 e. The zero-order chi connectivity index (χ0) is 8.39. The lowest BCUT2D eigenvalue weighted by Crippen LogP contribution is -1.84. The quantitative estimate of drug-likeness (QED) is 0.732. The summed E-state index contributed by atoms with van der Waals surface area (Å²) in [5, 5.41) is 2.07. The highest BCUT2D eigenvalue weighted by Crippen LogP contribution is 2.25. The van der Waals surface area contributed by atoms with Gasteiger partial charge in [-0.15, -0.1) is 11.3 Å². The molecule has 0 amide bonds. The van der Waals surface area contributed by atoms with Crippen LogP contribution in [0.4, 0.5) is 0 Å². The smallest absolute Gasteiger partial charge is 0.159 e. The molecule has 1 aliphatic rings. The summed E-state index contributed by atoms with van der Waals surface area (Å²) in [6.07, 6.45) is 8.88. The van der Waals surface area contributed by atoms with Gasteiger partial charge in [0.05, 0.1) is 5.69 Å². The normalized spacial score (nSPS) is 16.2. The fourth-order valence-electron chi connectivity index (χ4n) is 1.19. The Balaban J connectivity index is 2.30. The van der Waals surface area contributed by atoms with E-state index in [-0.39, 0.29) is 0 Å². The molecule has 1 aliphatic carbocycles. The maximum atomic E-state index is 4.35. The Morgan fingerprint density at radius 2 is 2.33 bits per heavy atom. The molecule has 0 unspecified atom stereocenters. The number of hydrogen-bond donors (Lipinski definition) is 0. The van der Waals surface area contributed by atoms with Crippen molar-refractivity contribution in [2.24, 2.45) is 0 Å². The molecule has 0 aromatic carbocycles. The first kappa shape index (κ1) is 8.20. The van der Waals surface area contributed by atoms with Crippen LogP contribution in [0.5, 0.6) is 0 Å². The van der Waals surface area contributed by atoms with Crippen molar-refractivity contribution in [1.29, 1.82) is 0 Å². The van der Waals surface area contributed by atoms with Gasteiger partial charge in [-0.05, 0) is 34.3 Å². The summed E-state index contributed by atoms with van der Waals surface area (Å²) < 4.78 is 0.956. The predicted molar refractivity (Wildman–Crippen MR) is 56.2 cm³/mol. The van der Waals surface area contributed by atoms with Crippen LogP contribution < -0.4 is 0 Å². The van der Waals surface area contributed by atoms with Gasteiger partial charge >= 0.3 is 0 Å². The van der Waals surface area contributed by atoms with Crippen molar-refractivity contribution >= 4 is 32.8 Å². The van der Waals surface area contributed by atoms with Crippen molar-refractivity contribution in [3.8, 4) is 0 Å². The molecule has 1 heterocycles. The average molecular weight is 242 g/mol. The highest BCUT2D eigenvalue weighted by molar-refractivity contribution is 9.11. The zero-order valence-corrected chi connectivity index (χ0v) is 8.86. The molecular formula is C9H8BrNS. The van der Waals surface area contributed by atoms with E-state index in [4.69, 9.17) is 0 Å². The van der Waals surface area contributed by atoms with Gasteiger partial charge in [0.15, 0.2) is 3.92 Å². The summed E-state index contributed by atoms with van der Waals surface area (Å²) in [4.78, 5) is 4.35. The molecule has 62 valence electrons. The lowest BCUT2D eigenvalue weighted by molar-refractivity contribution is 1.04. The molecule has 0 saturated carbocycles. The first-order chi connectivity index (χ1) is 5.86. The SMILES string of the molecule is Brc1nc(C2=CCCC=C2)cs1. The Morgan fingerprint density at radius 1 is 1.42 bits per heavy atom. The highest BCUT2D eigenvalue weighted by Gasteiger charge is 2.04. The van der Waals surface area contributed by atoms with Gasteiger partial charge in [-0.2, -0.15) is 0 Å². The highest BCUT2D eigenvalue weighted by atomic mass is 79.9. The summed E-state index contributed by atoms with van der Waals surface area (Å²) in [5.41, 5.74) is 2.34. The second-order valence-electron chi connectivity index (χ2n) is 2.62. The van der Waals surface area contributed by atoms with Gasteiger partial charge in [-0.25, -0.2) is 4.98 Å². The standard InChI is InChI=1S/C9H8BrNS/c10-9-11-8(6-12-9)7-4-2-1-3-5-7/h2,4-6H,1,3H2.